The van der Waals surface area contributed by atoms with Gasteiger partial charge in [-0.15, -0.1) is 5.41 Å². The van der Waals surface area contributed by atoms with Gasteiger partial charge in [0.15, 0.2) is 5.78 Å². The molecule has 0 bridgehead atoms. The molecule has 1 unspecified atom stereocenters. The average molecular weight is 540 g/mol. The molecule has 6 nitrogen and oxygen atoms in total. The fraction of sp³-hybridized carbons (Fsp3) is 0.727. The van der Waals surface area contributed by atoms with Crippen LogP contribution in [-0.2, 0) is 9.59 Å². The number of fused-ring (bicyclic) bond motifs is 7. The van der Waals surface area contributed by atoms with Gasteiger partial charge in [-0.3, -0.25) is 15.5 Å². The van der Waals surface area contributed by atoms with Gasteiger partial charge in [0.05, 0.1) is 5.57 Å². The van der Waals surface area contributed by atoms with Crippen molar-refractivity contribution in [3.05, 3.63) is 29.2 Å². The molecular weight excluding hydrogens is 493 g/mol. The van der Waals surface area contributed by atoms with Gasteiger partial charge in [-0.1, -0.05) is 97.1 Å². The van der Waals surface area contributed by atoms with E-state index in [0.717, 1.165) is 50.5 Å². The number of nitrogens with zero attached hydrogens (tertiary/aromatic N) is 1. The van der Waals surface area contributed by atoms with Gasteiger partial charge in [0.1, 0.15) is 11.9 Å². The summed E-state index contributed by atoms with van der Waals surface area (Å²) in [6.07, 6.45) is 10.5. The second kappa shape index (κ2) is 9.60. The molecule has 3 fully saturated rings. The first-order valence-corrected chi connectivity index (χ1v) is 14.8. The molecule has 212 valence electrons. The van der Waals surface area contributed by atoms with E-state index in [1.807, 2.05) is 26.0 Å². The molecule has 7 heteroatoms. The summed E-state index contributed by atoms with van der Waals surface area (Å²) in [5, 5.41) is 15.7. The average Bonchev–Trinajstić information content (AvgIpc) is 2.86. The van der Waals surface area contributed by atoms with Crippen molar-refractivity contribution in [1.29, 1.82) is 5.26 Å². The Labute approximate surface area is 252 Å². The number of urea groups is 1. The van der Waals surface area contributed by atoms with Crippen LogP contribution in [-0.4, -0.2) is 31.2 Å². The standard InChI is InChI=1S/C33H46N3O3.Li/c1-28(2)11-13-33(19-36-27(39)35-8)14-12-32(7)25(21(33)17-28)22(37)15-24-30(5)16-20(18-34)26(38)29(3,4)23(30)9-10-31(24,32)6;/h15-16,23,25H,9-14,17,19H2,1-8H3,(H2,35,36,39);/q-1;+1/t23?,25-,30-,31+,32+,33+;/m0./s1. The summed E-state index contributed by atoms with van der Waals surface area (Å²) in [6, 6.07) is 2.01. The number of rotatable bonds is 2. The van der Waals surface area contributed by atoms with Crippen molar-refractivity contribution in [1.82, 2.24) is 10.6 Å². The van der Waals surface area contributed by atoms with Crippen LogP contribution in [0.15, 0.2) is 23.3 Å². The Bertz CT molecular complexity index is 1240. The third-order valence-electron chi connectivity index (χ3n) is 12.5. The van der Waals surface area contributed by atoms with Gasteiger partial charge in [0, 0.05) is 17.9 Å². The molecular formula is C33H46LiN3O3. The van der Waals surface area contributed by atoms with Crippen LogP contribution >= 0.6 is 0 Å². The quantitative estimate of drug-likeness (QED) is 0.416. The molecule has 0 spiro atoms. The van der Waals surface area contributed by atoms with Crippen molar-refractivity contribution in [2.75, 3.05) is 13.6 Å². The van der Waals surface area contributed by atoms with E-state index in [0.29, 0.717) is 6.54 Å². The maximum Gasteiger partial charge on any atom is 1.00 e. The maximum atomic E-state index is 14.5. The Morgan fingerprint density at radius 1 is 1.05 bits per heavy atom. The molecule has 6 atom stereocenters. The molecule has 0 heterocycles. The molecule has 0 aliphatic heterocycles. The number of nitriles is 1. The largest absolute Gasteiger partial charge is 1.00 e. The zero-order valence-corrected chi connectivity index (χ0v) is 26.1. The Morgan fingerprint density at radius 2 is 1.70 bits per heavy atom. The van der Waals surface area contributed by atoms with Crippen LogP contribution in [0.5, 0.6) is 0 Å². The fourth-order valence-electron chi connectivity index (χ4n) is 9.99. The molecule has 5 rings (SSSR count). The molecule has 3 saturated carbocycles. The van der Waals surface area contributed by atoms with Crippen LogP contribution in [0.4, 0.5) is 4.79 Å². The van der Waals surface area contributed by atoms with Crippen molar-refractivity contribution in [3.8, 4) is 6.07 Å². The molecule has 2 N–H and O–H groups in total. The first-order chi connectivity index (χ1) is 18.0. The van der Waals surface area contributed by atoms with Gasteiger partial charge in [-0.2, -0.15) is 11.7 Å². The molecule has 0 saturated heterocycles. The molecule has 40 heavy (non-hydrogen) atoms. The summed E-state index contributed by atoms with van der Waals surface area (Å²) in [5.74, 6) is 1.29. The summed E-state index contributed by atoms with van der Waals surface area (Å²) in [5.41, 5.74) is -0.398. The summed E-state index contributed by atoms with van der Waals surface area (Å²) in [6.45, 7) is 16.0. The van der Waals surface area contributed by atoms with Crippen LogP contribution in [0.25, 0.3) is 0 Å². The number of allylic oxidation sites excluding steroid dienone is 4. The SMILES string of the molecule is CNC(=O)NC[C@]12CCC(C)(C)C[C-]1[C@H]1C(=O)C=C3[C@@]4(C)C=C(C#N)C(=O)C(C)(C)C4CC[C@@]3(C)[C@]1(C)CC2.[Li+]. The minimum Gasteiger partial charge on any atom is -0.341 e. The molecule has 5 aliphatic rings. The monoisotopic (exact) mass is 539 g/mol. The Hall–Kier alpha value is -1.82. The summed E-state index contributed by atoms with van der Waals surface area (Å²) < 4.78 is 0. The number of hydrogen-bond donors (Lipinski definition) is 2. The Balaban J connectivity index is 0.00000370. The molecule has 0 aromatic rings. The van der Waals surface area contributed by atoms with Gasteiger partial charge in [-0.05, 0) is 42.2 Å². The zero-order chi connectivity index (χ0) is 28.8. The van der Waals surface area contributed by atoms with E-state index in [-0.39, 0.29) is 75.5 Å². The fourth-order valence-corrected chi connectivity index (χ4v) is 9.99. The number of hydrogen-bond acceptors (Lipinski definition) is 4. The van der Waals surface area contributed by atoms with Crippen LogP contribution in [0.2, 0.25) is 0 Å². The molecule has 0 radical (unpaired) electrons. The maximum absolute atomic E-state index is 14.5. The van der Waals surface area contributed by atoms with Crippen molar-refractivity contribution in [2.24, 2.45) is 44.3 Å². The van der Waals surface area contributed by atoms with Gasteiger partial charge >= 0.3 is 24.9 Å². The topological polar surface area (TPSA) is 99.1 Å². The predicted octanol–water partition coefficient (Wildman–Crippen LogP) is 3.10. The number of nitrogens with one attached hydrogen (secondary N) is 2. The van der Waals surface area contributed by atoms with Gasteiger partial charge in [0.2, 0.25) is 0 Å². The summed E-state index contributed by atoms with van der Waals surface area (Å²) >= 11 is 0. The van der Waals surface area contributed by atoms with Crippen LogP contribution < -0.4 is 29.5 Å². The first kappa shape index (κ1) is 31.1. The number of amides is 2. The van der Waals surface area contributed by atoms with E-state index in [2.05, 4.69) is 51.3 Å². The smallest absolute Gasteiger partial charge is 0.341 e. The predicted molar refractivity (Wildman–Crippen MR) is 151 cm³/mol. The van der Waals surface area contributed by atoms with E-state index >= 15 is 0 Å². The zero-order valence-electron chi connectivity index (χ0n) is 26.1. The van der Waals surface area contributed by atoms with E-state index < -0.39 is 10.8 Å². The van der Waals surface area contributed by atoms with Crippen molar-refractivity contribution in [2.45, 2.75) is 93.4 Å². The van der Waals surface area contributed by atoms with Gasteiger partial charge < -0.3 is 10.6 Å². The number of ketones is 2. The van der Waals surface area contributed by atoms with Crippen molar-refractivity contribution in [3.63, 3.8) is 0 Å². The van der Waals surface area contributed by atoms with Gasteiger partial charge in [0.25, 0.3) is 0 Å². The number of carbonyl (C=O) groups excluding carboxylic acids is 3. The van der Waals surface area contributed by atoms with Crippen LogP contribution in [0.3, 0.4) is 0 Å². The molecule has 0 aromatic heterocycles. The van der Waals surface area contributed by atoms with Gasteiger partial charge in [-0.25, -0.2) is 4.79 Å². The molecule has 0 aromatic carbocycles. The Kier molecular flexibility index (Phi) is 7.47. The molecule has 5 aliphatic carbocycles. The second-order valence-electron chi connectivity index (χ2n) is 15.3. The first-order valence-electron chi connectivity index (χ1n) is 14.8. The van der Waals surface area contributed by atoms with E-state index in [9.17, 15) is 19.6 Å². The second-order valence-corrected chi connectivity index (χ2v) is 15.3. The molecule has 2 amide bonds. The number of carbonyl (C=O) groups is 3. The van der Waals surface area contributed by atoms with Crippen LogP contribution in [0.1, 0.15) is 93.4 Å². The van der Waals surface area contributed by atoms with E-state index in [4.69, 9.17) is 0 Å². The summed E-state index contributed by atoms with van der Waals surface area (Å²) in [4.78, 5) is 40.0. The van der Waals surface area contributed by atoms with Crippen molar-refractivity contribution < 1.29 is 33.2 Å². The van der Waals surface area contributed by atoms with E-state index in [1.165, 1.54) is 5.92 Å². The Morgan fingerprint density at radius 3 is 2.33 bits per heavy atom. The minimum absolute atomic E-state index is 0. The normalized spacial score (nSPS) is 41.4. The van der Waals surface area contributed by atoms with Crippen LogP contribution in [0, 0.1) is 61.6 Å². The third-order valence-corrected chi connectivity index (χ3v) is 12.5. The third kappa shape index (κ3) is 4.05. The van der Waals surface area contributed by atoms with Crippen molar-refractivity contribution >= 4 is 17.6 Å². The summed E-state index contributed by atoms with van der Waals surface area (Å²) in [7, 11) is 1.64. The minimum atomic E-state index is -0.660. The number of Topliss-reactive ketones (excluding diaryl/α,β-unsaturated/α-hetero) is 1. The van der Waals surface area contributed by atoms with E-state index in [1.54, 1.807) is 7.05 Å².